The molecule has 0 aliphatic heterocycles. The van der Waals surface area contributed by atoms with Crippen molar-refractivity contribution in [3.8, 4) is 24.2 Å². The molecule has 0 spiro atoms. The number of terminal acetylenes is 1. The van der Waals surface area contributed by atoms with Crippen LogP contribution in [0.4, 0.5) is 4.39 Å². The van der Waals surface area contributed by atoms with Gasteiger partial charge in [-0.3, -0.25) is 9.78 Å². The molecule has 2 fully saturated rings. The highest BCUT2D eigenvalue weighted by atomic mass is 19.1. The van der Waals surface area contributed by atoms with Crippen LogP contribution in [0.3, 0.4) is 0 Å². The Kier molecular flexibility index (Phi) is 8.17. The molecule has 2 aliphatic carbocycles. The predicted molar refractivity (Wildman–Crippen MR) is 143 cm³/mol. The third kappa shape index (κ3) is 5.66. The van der Waals surface area contributed by atoms with Crippen molar-refractivity contribution < 1.29 is 9.18 Å². The minimum Gasteiger partial charge on any atom is -0.299 e. The van der Waals surface area contributed by atoms with Crippen LogP contribution in [0.15, 0.2) is 48.8 Å². The van der Waals surface area contributed by atoms with Gasteiger partial charge in [0.15, 0.2) is 0 Å². The summed E-state index contributed by atoms with van der Waals surface area (Å²) in [5, 5.41) is 0.951. The fourth-order valence-corrected chi connectivity index (χ4v) is 6.18. The van der Waals surface area contributed by atoms with Crippen LogP contribution in [-0.2, 0) is 11.2 Å². The molecule has 5 atom stereocenters. The lowest BCUT2D eigenvalue weighted by molar-refractivity contribution is -0.123. The number of halogens is 1. The van der Waals surface area contributed by atoms with E-state index in [2.05, 4.69) is 47.1 Å². The van der Waals surface area contributed by atoms with Crippen molar-refractivity contribution in [1.82, 2.24) is 9.97 Å². The maximum Gasteiger partial charge on any atom is 0.140 e. The fraction of sp³-hybridized carbons (Fsp3) is 0.406. The average Bonchev–Trinajstić information content (AvgIpc) is 3.44. The Bertz CT molecular complexity index is 1310. The SMILES string of the molecule is C#CC.CC#Cc1ccc(CC(=O)C(C)C2C[C@H]3CC(c4ccnc5ccc(F)cc45)C[C@H]3C2)cn1. The Labute approximate surface area is 213 Å². The van der Waals surface area contributed by atoms with Gasteiger partial charge in [-0.25, -0.2) is 9.37 Å². The number of carbonyl (C=O) groups is 1. The van der Waals surface area contributed by atoms with Gasteiger partial charge in [0.25, 0.3) is 0 Å². The first kappa shape index (κ1) is 25.6. The third-order valence-electron chi connectivity index (χ3n) is 7.90. The molecule has 3 aromatic rings. The summed E-state index contributed by atoms with van der Waals surface area (Å²) in [7, 11) is 0. The lowest BCUT2D eigenvalue weighted by Gasteiger charge is -2.21. The molecule has 4 heteroatoms. The molecular weight excluding hydrogens is 447 g/mol. The molecule has 36 heavy (non-hydrogen) atoms. The number of benzene rings is 1. The summed E-state index contributed by atoms with van der Waals surface area (Å²) in [6.45, 7) is 5.55. The van der Waals surface area contributed by atoms with E-state index < -0.39 is 0 Å². The number of fused-ring (bicyclic) bond motifs is 2. The van der Waals surface area contributed by atoms with Gasteiger partial charge in [0, 0.05) is 30.1 Å². The average molecular weight is 481 g/mol. The normalized spacial score (nSPS) is 23.0. The number of rotatable bonds is 5. The minimum absolute atomic E-state index is 0.0695. The smallest absolute Gasteiger partial charge is 0.140 e. The van der Waals surface area contributed by atoms with Crippen LogP contribution in [-0.4, -0.2) is 15.8 Å². The van der Waals surface area contributed by atoms with Gasteiger partial charge >= 0.3 is 0 Å². The maximum absolute atomic E-state index is 13.9. The van der Waals surface area contributed by atoms with E-state index in [1.165, 1.54) is 11.6 Å². The monoisotopic (exact) mass is 480 g/mol. The summed E-state index contributed by atoms with van der Waals surface area (Å²) < 4.78 is 13.9. The molecule has 3 nitrogen and oxygen atoms in total. The molecule has 0 amide bonds. The van der Waals surface area contributed by atoms with Crippen LogP contribution in [0.2, 0.25) is 0 Å². The van der Waals surface area contributed by atoms with Crippen molar-refractivity contribution in [2.75, 3.05) is 0 Å². The summed E-state index contributed by atoms with van der Waals surface area (Å²) in [6, 6.07) is 10.8. The lowest BCUT2D eigenvalue weighted by atomic mass is 9.83. The van der Waals surface area contributed by atoms with Crippen LogP contribution < -0.4 is 0 Å². The first-order valence-electron chi connectivity index (χ1n) is 12.7. The van der Waals surface area contributed by atoms with E-state index in [1.54, 1.807) is 32.2 Å². The number of hydrogen-bond acceptors (Lipinski definition) is 3. The van der Waals surface area contributed by atoms with Crippen LogP contribution in [0.5, 0.6) is 0 Å². The van der Waals surface area contributed by atoms with Crippen molar-refractivity contribution >= 4 is 16.7 Å². The molecule has 0 N–H and O–H groups in total. The molecule has 184 valence electrons. The number of ketones is 1. The maximum atomic E-state index is 13.9. The second kappa shape index (κ2) is 11.5. The Morgan fingerprint density at radius 3 is 2.44 bits per heavy atom. The Hall–Kier alpha value is -3.50. The molecule has 0 saturated heterocycles. The van der Waals surface area contributed by atoms with Crippen molar-refractivity contribution in [3.05, 3.63) is 71.4 Å². The minimum atomic E-state index is -0.203. The van der Waals surface area contributed by atoms with Crippen LogP contribution in [0, 0.1) is 53.7 Å². The Balaban J connectivity index is 0.000000967. The van der Waals surface area contributed by atoms with E-state index in [0.29, 0.717) is 35.9 Å². The Morgan fingerprint density at radius 1 is 1.08 bits per heavy atom. The highest BCUT2D eigenvalue weighted by molar-refractivity contribution is 5.83. The third-order valence-corrected chi connectivity index (χ3v) is 7.90. The second-order valence-electron chi connectivity index (χ2n) is 10.1. The summed E-state index contributed by atoms with van der Waals surface area (Å²) in [5.41, 5.74) is 3.80. The zero-order valence-electron chi connectivity index (χ0n) is 21.3. The summed E-state index contributed by atoms with van der Waals surface area (Å²) in [5.74, 6) is 10.4. The highest BCUT2D eigenvalue weighted by Crippen LogP contribution is 2.54. The van der Waals surface area contributed by atoms with Crippen LogP contribution in [0.1, 0.15) is 69.2 Å². The quantitative estimate of drug-likeness (QED) is 0.380. The van der Waals surface area contributed by atoms with Gasteiger partial charge in [-0.05, 0) is 111 Å². The topological polar surface area (TPSA) is 42.9 Å². The number of aromatic nitrogens is 2. The zero-order valence-corrected chi connectivity index (χ0v) is 21.3. The van der Waals surface area contributed by atoms with Crippen LogP contribution >= 0.6 is 0 Å². The van der Waals surface area contributed by atoms with Gasteiger partial charge in [-0.15, -0.1) is 12.3 Å². The zero-order chi connectivity index (χ0) is 25.7. The van der Waals surface area contributed by atoms with Crippen molar-refractivity contribution in [2.24, 2.45) is 23.7 Å². The molecule has 2 aromatic heterocycles. The van der Waals surface area contributed by atoms with E-state index in [-0.39, 0.29) is 11.7 Å². The molecular formula is C32H33FN2O. The second-order valence-corrected chi connectivity index (χ2v) is 10.1. The van der Waals surface area contributed by atoms with Gasteiger partial charge in [0.1, 0.15) is 17.3 Å². The van der Waals surface area contributed by atoms with Gasteiger partial charge in [0.2, 0.25) is 0 Å². The predicted octanol–water partition coefficient (Wildman–Crippen LogP) is 6.75. The molecule has 1 aromatic carbocycles. The Morgan fingerprint density at radius 2 is 1.81 bits per heavy atom. The summed E-state index contributed by atoms with van der Waals surface area (Å²) >= 11 is 0. The molecule has 2 heterocycles. The molecule has 2 aliphatic rings. The van der Waals surface area contributed by atoms with Crippen LogP contribution in [0.25, 0.3) is 10.9 Å². The molecule has 2 saturated carbocycles. The van der Waals surface area contributed by atoms with E-state index in [1.807, 2.05) is 18.3 Å². The number of Topliss-reactive ketones (excluding diaryl/α,β-unsaturated/α-hetero) is 1. The highest BCUT2D eigenvalue weighted by Gasteiger charge is 2.44. The molecule has 3 unspecified atom stereocenters. The standard InChI is InChI=1S/C29H29FN2O.C3H4/c1-3-4-25-7-5-19(17-32-25)11-29(33)18(2)20-12-21-14-23(15-22(21)13-20)26-9-10-31-28-8-6-24(30)16-27(26)28;1-3-2/h5-10,16-18,20-23H,11-15H2,1-2H3;1H,2H3/t18?,20?,21-,22+,23?;. The first-order valence-corrected chi connectivity index (χ1v) is 12.7. The fourth-order valence-electron chi connectivity index (χ4n) is 6.18. The van der Waals surface area contributed by atoms with Gasteiger partial charge in [-0.2, -0.15) is 0 Å². The van der Waals surface area contributed by atoms with Crippen molar-refractivity contribution in [1.29, 1.82) is 0 Å². The van der Waals surface area contributed by atoms with Gasteiger partial charge in [0.05, 0.1) is 5.52 Å². The van der Waals surface area contributed by atoms with E-state index >= 15 is 0 Å². The summed E-state index contributed by atoms with van der Waals surface area (Å²) in [6.07, 6.45) is 13.2. The molecule has 0 bridgehead atoms. The van der Waals surface area contributed by atoms with Crippen molar-refractivity contribution in [2.45, 2.75) is 58.8 Å². The number of carbonyl (C=O) groups excluding carboxylic acids is 1. The van der Waals surface area contributed by atoms with Gasteiger partial charge in [-0.1, -0.05) is 18.9 Å². The number of nitrogens with zero attached hydrogens (tertiary/aromatic N) is 2. The van der Waals surface area contributed by atoms with E-state index in [0.717, 1.165) is 47.8 Å². The number of pyridine rings is 2. The largest absolute Gasteiger partial charge is 0.299 e. The molecule has 5 rings (SSSR count). The van der Waals surface area contributed by atoms with Gasteiger partial charge < -0.3 is 0 Å². The van der Waals surface area contributed by atoms with Crippen molar-refractivity contribution in [3.63, 3.8) is 0 Å². The van der Waals surface area contributed by atoms with E-state index in [4.69, 9.17) is 0 Å². The number of hydrogen-bond donors (Lipinski definition) is 0. The van der Waals surface area contributed by atoms with E-state index in [9.17, 15) is 9.18 Å². The first-order chi connectivity index (χ1) is 17.4. The molecule has 0 radical (unpaired) electrons. The lowest BCUT2D eigenvalue weighted by Crippen LogP contribution is -2.21. The summed E-state index contributed by atoms with van der Waals surface area (Å²) in [4.78, 5) is 21.7.